The molecule has 0 spiro atoms. The predicted octanol–water partition coefficient (Wildman–Crippen LogP) is 3.17. The summed E-state index contributed by atoms with van der Waals surface area (Å²) in [7, 11) is 0. The molecule has 0 amide bonds. The third kappa shape index (κ3) is 1.72. The molecule has 2 heteroatoms. The lowest BCUT2D eigenvalue weighted by Crippen LogP contribution is -2.09. The van der Waals surface area contributed by atoms with Crippen molar-refractivity contribution in [2.24, 2.45) is 5.41 Å². The van der Waals surface area contributed by atoms with Gasteiger partial charge in [-0.05, 0) is 36.0 Å². The Balaban J connectivity index is 2.25. The summed E-state index contributed by atoms with van der Waals surface area (Å²) in [4.78, 5) is 0. The predicted molar refractivity (Wildman–Crippen MR) is 53.8 cm³/mol. The fraction of sp³-hybridized carbons (Fsp3) is 0.455. The molecule has 0 radical (unpaired) electrons. The van der Waals surface area contributed by atoms with E-state index in [0.29, 0.717) is 5.02 Å². The van der Waals surface area contributed by atoms with Gasteiger partial charge in [-0.2, -0.15) is 0 Å². The van der Waals surface area contributed by atoms with Crippen molar-refractivity contribution in [1.82, 2.24) is 0 Å². The number of rotatable bonds is 2. The van der Waals surface area contributed by atoms with Crippen molar-refractivity contribution in [3.8, 4) is 0 Å². The first kappa shape index (κ1) is 9.04. The van der Waals surface area contributed by atoms with E-state index in [4.69, 9.17) is 11.6 Å². The third-order valence-corrected chi connectivity index (χ3v) is 3.10. The molecule has 1 saturated carbocycles. The molecule has 0 bridgehead atoms. The molecule has 1 aliphatic rings. The molecular formula is C11H13ClO. The van der Waals surface area contributed by atoms with Gasteiger partial charge in [-0.25, -0.2) is 0 Å². The third-order valence-electron chi connectivity index (χ3n) is 2.86. The summed E-state index contributed by atoms with van der Waals surface area (Å²) in [6, 6.07) is 7.48. The Bertz CT molecular complexity index is 318. The molecular weight excluding hydrogens is 184 g/mol. The number of aliphatic hydroxyl groups is 1. The van der Waals surface area contributed by atoms with E-state index in [1.807, 2.05) is 24.3 Å². The molecule has 0 saturated heterocycles. The molecule has 1 aliphatic carbocycles. The molecule has 0 aromatic heterocycles. The molecule has 70 valence electrons. The topological polar surface area (TPSA) is 20.2 Å². The fourth-order valence-corrected chi connectivity index (χ4v) is 1.75. The quantitative estimate of drug-likeness (QED) is 0.771. The molecule has 1 N–H and O–H groups in total. The van der Waals surface area contributed by atoms with Gasteiger partial charge in [-0.15, -0.1) is 0 Å². The molecule has 0 heterocycles. The largest absolute Gasteiger partial charge is 0.388 e. The number of aliphatic hydroxyl groups excluding tert-OH is 1. The summed E-state index contributed by atoms with van der Waals surface area (Å²) >= 11 is 5.85. The Morgan fingerprint density at radius 3 is 2.69 bits per heavy atom. The van der Waals surface area contributed by atoms with Crippen LogP contribution in [0.15, 0.2) is 24.3 Å². The Hall–Kier alpha value is -0.530. The van der Waals surface area contributed by atoms with E-state index in [0.717, 1.165) is 18.4 Å². The first-order valence-corrected chi connectivity index (χ1v) is 4.93. The second-order valence-electron chi connectivity index (χ2n) is 4.11. The zero-order chi connectivity index (χ0) is 9.47. The monoisotopic (exact) mass is 196 g/mol. The zero-order valence-electron chi connectivity index (χ0n) is 7.63. The van der Waals surface area contributed by atoms with Gasteiger partial charge in [-0.1, -0.05) is 30.7 Å². The van der Waals surface area contributed by atoms with Crippen molar-refractivity contribution in [3.63, 3.8) is 0 Å². The van der Waals surface area contributed by atoms with Crippen molar-refractivity contribution in [2.75, 3.05) is 0 Å². The van der Waals surface area contributed by atoms with Crippen LogP contribution in [0.1, 0.15) is 31.4 Å². The van der Waals surface area contributed by atoms with Gasteiger partial charge >= 0.3 is 0 Å². The van der Waals surface area contributed by atoms with Crippen LogP contribution in [0.4, 0.5) is 0 Å². The van der Waals surface area contributed by atoms with E-state index in [1.165, 1.54) is 0 Å². The Morgan fingerprint density at radius 2 is 2.15 bits per heavy atom. The van der Waals surface area contributed by atoms with Gasteiger partial charge in [0.25, 0.3) is 0 Å². The van der Waals surface area contributed by atoms with Gasteiger partial charge in [0.2, 0.25) is 0 Å². The Labute approximate surface area is 83.3 Å². The second-order valence-corrected chi connectivity index (χ2v) is 4.55. The summed E-state index contributed by atoms with van der Waals surface area (Å²) in [5.74, 6) is 0. The maximum absolute atomic E-state index is 9.99. The number of hydrogen-bond donors (Lipinski definition) is 1. The maximum Gasteiger partial charge on any atom is 0.0844 e. The van der Waals surface area contributed by atoms with Crippen LogP contribution in [0.5, 0.6) is 0 Å². The van der Waals surface area contributed by atoms with E-state index in [9.17, 15) is 5.11 Å². The van der Waals surface area contributed by atoms with Crippen LogP contribution in [-0.4, -0.2) is 5.11 Å². The lowest BCUT2D eigenvalue weighted by atomic mass is 9.95. The molecule has 0 aliphatic heterocycles. The van der Waals surface area contributed by atoms with Crippen LogP contribution >= 0.6 is 11.6 Å². The minimum atomic E-state index is -0.355. The first-order chi connectivity index (χ1) is 6.12. The SMILES string of the molecule is CC1(C(O)c2cccc(Cl)c2)CC1. The van der Waals surface area contributed by atoms with E-state index in [1.54, 1.807) is 0 Å². The minimum Gasteiger partial charge on any atom is -0.388 e. The van der Waals surface area contributed by atoms with Gasteiger partial charge < -0.3 is 5.11 Å². The summed E-state index contributed by atoms with van der Waals surface area (Å²) in [6.07, 6.45) is 1.87. The minimum absolute atomic E-state index is 0.102. The Morgan fingerprint density at radius 1 is 1.46 bits per heavy atom. The number of halogens is 1. The summed E-state index contributed by atoms with van der Waals surface area (Å²) in [6.45, 7) is 2.11. The van der Waals surface area contributed by atoms with Crippen LogP contribution in [0.2, 0.25) is 5.02 Å². The molecule has 1 atom stereocenters. The smallest absolute Gasteiger partial charge is 0.0844 e. The van der Waals surface area contributed by atoms with E-state index >= 15 is 0 Å². The van der Waals surface area contributed by atoms with Crippen LogP contribution < -0.4 is 0 Å². The molecule has 1 aromatic carbocycles. The zero-order valence-corrected chi connectivity index (χ0v) is 8.38. The molecule has 1 unspecified atom stereocenters. The van der Waals surface area contributed by atoms with Gasteiger partial charge in [-0.3, -0.25) is 0 Å². The fourth-order valence-electron chi connectivity index (χ4n) is 1.55. The highest BCUT2D eigenvalue weighted by atomic mass is 35.5. The van der Waals surface area contributed by atoms with E-state index < -0.39 is 0 Å². The summed E-state index contributed by atoms with van der Waals surface area (Å²) < 4.78 is 0. The highest BCUT2D eigenvalue weighted by molar-refractivity contribution is 6.30. The molecule has 1 nitrogen and oxygen atoms in total. The van der Waals surface area contributed by atoms with Gasteiger partial charge in [0.15, 0.2) is 0 Å². The van der Waals surface area contributed by atoms with E-state index in [2.05, 4.69) is 6.92 Å². The standard InChI is InChI=1S/C11H13ClO/c1-11(5-6-11)10(13)8-3-2-4-9(12)7-8/h2-4,7,10,13H,5-6H2,1H3. The van der Waals surface area contributed by atoms with Crippen LogP contribution in [-0.2, 0) is 0 Å². The normalized spacial score (nSPS) is 21.2. The van der Waals surface area contributed by atoms with Gasteiger partial charge in [0.05, 0.1) is 6.10 Å². The lowest BCUT2D eigenvalue weighted by molar-refractivity contribution is 0.104. The Kier molecular flexibility index (Phi) is 2.09. The number of benzene rings is 1. The molecule has 1 fully saturated rings. The van der Waals surface area contributed by atoms with Crippen molar-refractivity contribution < 1.29 is 5.11 Å². The van der Waals surface area contributed by atoms with Crippen molar-refractivity contribution >= 4 is 11.6 Å². The summed E-state index contributed by atoms with van der Waals surface area (Å²) in [5.41, 5.74) is 1.04. The molecule has 1 aromatic rings. The average Bonchev–Trinajstić information content (AvgIpc) is 2.84. The lowest BCUT2D eigenvalue weighted by Gasteiger charge is -2.17. The second kappa shape index (κ2) is 3.00. The van der Waals surface area contributed by atoms with Crippen LogP contribution in [0, 0.1) is 5.41 Å². The van der Waals surface area contributed by atoms with E-state index in [-0.39, 0.29) is 11.5 Å². The van der Waals surface area contributed by atoms with Crippen molar-refractivity contribution in [3.05, 3.63) is 34.9 Å². The van der Waals surface area contributed by atoms with Crippen molar-refractivity contribution in [1.29, 1.82) is 0 Å². The van der Waals surface area contributed by atoms with Crippen molar-refractivity contribution in [2.45, 2.75) is 25.9 Å². The summed E-state index contributed by atoms with van der Waals surface area (Å²) in [5, 5.41) is 10.7. The van der Waals surface area contributed by atoms with Crippen LogP contribution in [0.25, 0.3) is 0 Å². The molecule has 13 heavy (non-hydrogen) atoms. The highest BCUT2D eigenvalue weighted by Crippen LogP contribution is 2.54. The average molecular weight is 197 g/mol. The maximum atomic E-state index is 9.99. The number of hydrogen-bond acceptors (Lipinski definition) is 1. The first-order valence-electron chi connectivity index (χ1n) is 4.55. The highest BCUT2D eigenvalue weighted by Gasteiger charge is 2.44. The van der Waals surface area contributed by atoms with Crippen LogP contribution in [0.3, 0.4) is 0 Å². The molecule has 2 rings (SSSR count). The van der Waals surface area contributed by atoms with Gasteiger partial charge in [0.1, 0.15) is 0 Å². The van der Waals surface area contributed by atoms with Gasteiger partial charge in [0, 0.05) is 5.02 Å².